The van der Waals surface area contributed by atoms with Crippen molar-refractivity contribution in [3.05, 3.63) is 0 Å². The van der Waals surface area contributed by atoms with Crippen molar-refractivity contribution in [3.63, 3.8) is 0 Å². The van der Waals surface area contributed by atoms with Crippen LogP contribution in [0.3, 0.4) is 0 Å². The first-order valence-corrected chi connectivity index (χ1v) is 14.3. The molecule has 4 heterocycles. The van der Waals surface area contributed by atoms with E-state index in [1.165, 1.54) is 0 Å². The molecule has 8 atom stereocenters. The highest BCUT2D eigenvalue weighted by Crippen LogP contribution is 2.60. The Labute approximate surface area is 221 Å². The second-order valence-electron chi connectivity index (χ2n) is 10.6. The minimum atomic E-state index is -1.10. The molecule has 4 rings (SSSR count). The second kappa shape index (κ2) is 11.6. The number of ether oxygens (including phenoxy) is 2. The van der Waals surface area contributed by atoms with Crippen LogP contribution in [0.5, 0.6) is 0 Å². The molecule has 3 N–H and O–H groups in total. The van der Waals surface area contributed by atoms with E-state index in [0.29, 0.717) is 39.3 Å². The summed E-state index contributed by atoms with van der Waals surface area (Å²) in [6.07, 6.45) is 1.51. The maximum absolute atomic E-state index is 14.1. The van der Waals surface area contributed by atoms with Crippen molar-refractivity contribution in [1.29, 1.82) is 0 Å². The number of carbonyl (C=O) groups is 3. The molecule has 4 aliphatic heterocycles. The summed E-state index contributed by atoms with van der Waals surface area (Å²) in [4.78, 5) is 44.8. The summed E-state index contributed by atoms with van der Waals surface area (Å²) < 4.78 is 11.9. The van der Waals surface area contributed by atoms with Crippen LogP contribution in [0, 0.1) is 17.8 Å². The van der Waals surface area contributed by atoms with Gasteiger partial charge >= 0.3 is 0 Å². The van der Waals surface area contributed by atoms with E-state index >= 15 is 0 Å². The zero-order chi connectivity index (χ0) is 26.0. The molecule has 36 heavy (non-hydrogen) atoms. The monoisotopic (exact) mass is 572 g/mol. The predicted molar refractivity (Wildman–Crippen MR) is 136 cm³/mol. The van der Waals surface area contributed by atoms with Gasteiger partial charge in [-0.1, -0.05) is 43.1 Å². The Kier molecular flexibility index (Phi) is 8.97. The molecule has 10 nitrogen and oxygen atoms in total. The van der Waals surface area contributed by atoms with Gasteiger partial charge in [-0.05, 0) is 18.8 Å². The van der Waals surface area contributed by atoms with E-state index in [-0.39, 0.29) is 35.1 Å². The van der Waals surface area contributed by atoms with E-state index in [1.807, 2.05) is 20.8 Å². The number of nitrogens with one attached hydrogen (secondary N) is 2. The van der Waals surface area contributed by atoms with Crippen molar-refractivity contribution in [1.82, 2.24) is 20.4 Å². The van der Waals surface area contributed by atoms with Crippen LogP contribution in [0.15, 0.2) is 0 Å². The van der Waals surface area contributed by atoms with Crippen molar-refractivity contribution < 1.29 is 29.0 Å². The molecule has 0 aromatic heterocycles. The number of hydrogen-bond donors (Lipinski definition) is 3. The van der Waals surface area contributed by atoms with Crippen LogP contribution in [0.1, 0.15) is 40.0 Å². The third kappa shape index (κ3) is 4.81. The number of aliphatic hydroxyl groups excluding tert-OH is 1. The molecule has 4 fully saturated rings. The topological polar surface area (TPSA) is 120 Å². The number of aliphatic hydroxyl groups is 1. The first-order chi connectivity index (χ1) is 17.3. The van der Waals surface area contributed by atoms with Crippen LogP contribution in [0.25, 0.3) is 0 Å². The first-order valence-electron chi connectivity index (χ1n) is 13.4. The Bertz CT molecular complexity index is 826. The van der Waals surface area contributed by atoms with E-state index in [2.05, 4.69) is 31.5 Å². The molecule has 4 aliphatic rings. The molecule has 0 aromatic carbocycles. The maximum Gasteiger partial charge on any atom is 0.245 e. The standard InChI is InChI=1S/C25H41BrN4O6/c1-4-6-27-22(32)18-19-24(34)30(17(14-31)15(3)5-2)21(25(19)13-16(26)20(18)36-25)23(33)28-7-8-29-9-11-35-12-10-29/h15-21,31H,4-14H2,1-3H3,(H,27,32)(H,28,33)/t15-,16?,17-,18-,19-,20-,21?,25?/m0/s1. The summed E-state index contributed by atoms with van der Waals surface area (Å²) in [6, 6.07) is -1.44. The highest BCUT2D eigenvalue weighted by molar-refractivity contribution is 9.09. The number of fused-ring (bicyclic) bond motifs is 1. The summed E-state index contributed by atoms with van der Waals surface area (Å²) in [5.41, 5.74) is -1.10. The minimum absolute atomic E-state index is 0.0258. The minimum Gasteiger partial charge on any atom is -0.394 e. The van der Waals surface area contributed by atoms with Crippen molar-refractivity contribution in [2.75, 3.05) is 52.5 Å². The summed E-state index contributed by atoms with van der Waals surface area (Å²) in [5.74, 6) is -2.20. The van der Waals surface area contributed by atoms with Gasteiger partial charge < -0.3 is 30.1 Å². The van der Waals surface area contributed by atoms with Crippen LogP contribution in [0.4, 0.5) is 0 Å². The Balaban J connectivity index is 1.62. The van der Waals surface area contributed by atoms with Gasteiger partial charge in [-0.3, -0.25) is 19.3 Å². The molecule has 4 saturated heterocycles. The molecule has 0 aliphatic carbocycles. The highest BCUT2D eigenvalue weighted by Gasteiger charge is 2.77. The van der Waals surface area contributed by atoms with Crippen molar-refractivity contribution >= 4 is 33.7 Å². The van der Waals surface area contributed by atoms with Gasteiger partial charge in [0.15, 0.2) is 0 Å². The van der Waals surface area contributed by atoms with E-state index in [4.69, 9.17) is 9.47 Å². The lowest BCUT2D eigenvalue weighted by molar-refractivity contribution is -0.147. The number of morpholine rings is 1. The summed E-state index contributed by atoms with van der Waals surface area (Å²) >= 11 is 3.69. The van der Waals surface area contributed by atoms with Gasteiger partial charge in [0.25, 0.3) is 0 Å². The molecule has 0 aromatic rings. The summed E-state index contributed by atoms with van der Waals surface area (Å²) in [7, 11) is 0. The lowest BCUT2D eigenvalue weighted by Crippen LogP contribution is -2.59. The summed E-state index contributed by atoms with van der Waals surface area (Å²) in [5, 5.41) is 16.3. The Morgan fingerprint density at radius 2 is 1.89 bits per heavy atom. The first kappa shape index (κ1) is 27.8. The molecule has 0 saturated carbocycles. The molecular formula is C25H41BrN4O6. The predicted octanol–water partition coefficient (Wildman–Crippen LogP) is 0.116. The quantitative estimate of drug-likeness (QED) is 0.301. The van der Waals surface area contributed by atoms with Crippen molar-refractivity contribution in [3.8, 4) is 0 Å². The zero-order valence-electron chi connectivity index (χ0n) is 21.6. The third-order valence-electron chi connectivity index (χ3n) is 8.50. The Morgan fingerprint density at radius 3 is 2.53 bits per heavy atom. The van der Waals surface area contributed by atoms with Gasteiger partial charge in [-0.25, -0.2) is 0 Å². The van der Waals surface area contributed by atoms with E-state index in [1.54, 1.807) is 4.90 Å². The van der Waals surface area contributed by atoms with Gasteiger partial charge in [-0.15, -0.1) is 0 Å². The van der Waals surface area contributed by atoms with Crippen LogP contribution >= 0.6 is 15.9 Å². The fourth-order valence-corrected chi connectivity index (χ4v) is 7.41. The van der Waals surface area contributed by atoms with E-state index in [9.17, 15) is 19.5 Å². The number of alkyl halides is 1. The number of amides is 3. The van der Waals surface area contributed by atoms with Crippen molar-refractivity contribution in [2.45, 2.75) is 68.6 Å². The smallest absolute Gasteiger partial charge is 0.245 e. The van der Waals surface area contributed by atoms with E-state index < -0.39 is 35.6 Å². The molecule has 2 bridgehead atoms. The second-order valence-corrected chi connectivity index (χ2v) is 11.8. The van der Waals surface area contributed by atoms with Gasteiger partial charge in [-0.2, -0.15) is 0 Å². The average Bonchev–Trinajstić information content (AvgIpc) is 3.47. The largest absolute Gasteiger partial charge is 0.394 e. The number of halogens is 1. The van der Waals surface area contributed by atoms with Gasteiger partial charge in [0.2, 0.25) is 17.7 Å². The zero-order valence-corrected chi connectivity index (χ0v) is 23.2. The number of hydrogen-bond acceptors (Lipinski definition) is 7. The number of likely N-dealkylation sites (tertiary alicyclic amines) is 1. The molecule has 3 amide bonds. The lowest BCUT2D eigenvalue weighted by Gasteiger charge is -2.39. The fourth-order valence-electron chi connectivity index (χ4n) is 6.46. The lowest BCUT2D eigenvalue weighted by atomic mass is 9.70. The van der Waals surface area contributed by atoms with Gasteiger partial charge in [0.05, 0.1) is 43.8 Å². The average molecular weight is 574 g/mol. The van der Waals surface area contributed by atoms with E-state index in [0.717, 1.165) is 25.9 Å². The van der Waals surface area contributed by atoms with Crippen LogP contribution < -0.4 is 10.6 Å². The third-order valence-corrected chi connectivity index (χ3v) is 9.35. The van der Waals surface area contributed by atoms with Crippen LogP contribution in [-0.2, 0) is 23.9 Å². The fraction of sp³-hybridized carbons (Fsp3) is 0.880. The summed E-state index contributed by atoms with van der Waals surface area (Å²) in [6.45, 7) is 10.3. The molecule has 3 unspecified atom stereocenters. The molecular weight excluding hydrogens is 532 g/mol. The molecule has 11 heteroatoms. The normalized spacial score (nSPS) is 35.5. The highest BCUT2D eigenvalue weighted by atomic mass is 79.9. The molecule has 1 spiro atoms. The Morgan fingerprint density at radius 1 is 1.19 bits per heavy atom. The van der Waals surface area contributed by atoms with Gasteiger partial charge in [0.1, 0.15) is 11.6 Å². The van der Waals surface area contributed by atoms with Crippen molar-refractivity contribution in [2.24, 2.45) is 17.8 Å². The number of nitrogens with zero attached hydrogens (tertiary/aromatic N) is 2. The maximum atomic E-state index is 14.1. The Hall–Kier alpha value is -1.27. The van der Waals surface area contributed by atoms with Crippen LogP contribution in [-0.4, -0.2) is 114 Å². The van der Waals surface area contributed by atoms with Crippen LogP contribution in [0.2, 0.25) is 0 Å². The SMILES string of the molecule is CCCNC(=O)[C@H]1[C@H]2C(=O)N([C@@H](CO)[C@@H](C)CC)C(C(=O)NCCN3CCOCC3)C23CC(Br)[C@@H]1O3. The number of carbonyl (C=O) groups excluding carboxylic acids is 3. The molecule has 204 valence electrons. The number of rotatable bonds is 11. The van der Waals surface area contributed by atoms with Gasteiger partial charge in [0, 0.05) is 37.6 Å². The molecule has 0 radical (unpaired) electrons.